The molecule has 0 amide bonds. The molecule has 0 saturated carbocycles. The van der Waals surface area contributed by atoms with Crippen LogP contribution in [0.1, 0.15) is 25.5 Å². The van der Waals surface area contributed by atoms with Gasteiger partial charge < -0.3 is 5.32 Å². The minimum atomic E-state index is 0.174. The van der Waals surface area contributed by atoms with Crippen molar-refractivity contribution in [2.45, 2.75) is 19.9 Å². The fourth-order valence-electron chi connectivity index (χ4n) is 1.99. The van der Waals surface area contributed by atoms with E-state index in [-0.39, 0.29) is 6.04 Å². The predicted molar refractivity (Wildman–Crippen MR) is 74.8 cm³/mol. The first-order valence-electron chi connectivity index (χ1n) is 6.21. The molecule has 0 bridgehead atoms. The van der Waals surface area contributed by atoms with E-state index >= 15 is 0 Å². The Balaban J connectivity index is 2.27. The number of benzene rings is 1. The van der Waals surface area contributed by atoms with Gasteiger partial charge in [-0.25, -0.2) is 4.68 Å². The number of nitrogens with one attached hydrogen (secondary N) is 1. The molecule has 1 N–H and O–H groups in total. The highest BCUT2D eigenvalue weighted by Crippen LogP contribution is 2.20. The quantitative estimate of drug-likeness (QED) is 0.815. The second-order valence-corrected chi connectivity index (χ2v) is 4.39. The van der Waals surface area contributed by atoms with Gasteiger partial charge >= 0.3 is 0 Å². The van der Waals surface area contributed by atoms with E-state index in [0.717, 1.165) is 23.4 Å². The average Bonchev–Trinajstić information content (AvgIpc) is 2.86. The van der Waals surface area contributed by atoms with Crippen LogP contribution in [-0.4, -0.2) is 16.3 Å². The zero-order valence-electron chi connectivity index (χ0n) is 10.9. The molecule has 2 aromatic rings. The van der Waals surface area contributed by atoms with Crippen molar-refractivity contribution in [3.05, 3.63) is 60.4 Å². The summed E-state index contributed by atoms with van der Waals surface area (Å²) in [7, 11) is 0. The van der Waals surface area contributed by atoms with Crippen LogP contribution in [0.5, 0.6) is 0 Å². The molecule has 0 aliphatic rings. The average molecular weight is 241 g/mol. The summed E-state index contributed by atoms with van der Waals surface area (Å²) in [6.45, 7) is 9.07. The van der Waals surface area contributed by atoms with Crippen LogP contribution in [0, 0.1) is 0 Å². The first-order valence-corrected chi connectivity index (χ1v) is 6.21. The molecule has 1 aromatic heterocycles. The van der Waals surface area contributed by atoms with Gasteiger partial charge in [0, 0.05) is 11.8 Å². The van der Waals surface area contributed by atoms with E-state index in [1.807, 2.05) is 48.1 Å². The van der Waals surface area contributed by atoms with Crippen molar-refractivity contribution in [1.29, 1.82) is 0 Å². The molecule has 1 aromatic carbocycles. The predicted octanol–water partition coefficient (Wildman–Crippen LogP) is 3.10. The van der Waals surface area contributed by atoms with E-state index in [1.54, 1.807) is 0 Å². The van der Waals surface area contributed by atoms with E-state index in [2.05, 4.69) is 30.1 Å². The van der Waals surface area contributed by atoms with Gasteiger partial charge in [0.15, 0.2) is 0 Å². The minimum absolute atomic E-state index is 0.174. The lowest BCUT2D eigenvalue weighted by molar-refractivity contribution is 0.621. The summed E-state index contributed by atoms with van der Waals surface area (Å²) in [6.07, 6.45) is 3.95. The van der Waals surface area contributed by atoms with E-state index in [1.165, 1.54) is 0 Å². The van der Waals surface area contributed by atoms with Gasteiger partial charge in [0.2, 0.25) is 0 Å². The molecule has 0 aliphatic heterocycles. The Morgan fingerprint density at radius 1 is 1.39 bits per heavy atom. The first kappa shape index (κ1) is 12.6. The van der Waals surface area contributed by atoms with Crippen molar-refractivity contribution in [1.82, 2.24) is 15.1 Å². The monoisotopic (exact) mass is 241 g/mol. The SMILES string of the molecule is C=C(C)C(NCC)c1cnn(-c2ccccc2)c1. The Bertz CT molecular complexity index is 514. The van der Waals surface area contributed by atoms with Gasteiger partial charge in [-0.2, -0.15) is 5.10 Å². The number of likely N-dealkylation sites (N-methyl/N-ethyl adjacent to an activating group) is 1. The second-order valence-electron chi connectivity index (χ2n) is 4.39. The third kappa shape index (κ3) is 2.68. The summed E-state index contributed by atoms with van der Waals surface area (Å²) in [5, 5.41) is 7.82. The standard InChI is InChI=1S/C15H19N3/c1-4-16-15(12(2)3)13-10-17-18(11-13)14-8-6-5-7-9-14/h5-11,15-16H,2,4H2,1,3H3. The summed E-state index contributed by atoms with van der Waals surface area (Å²) < 4.78 is 1.89. The first-order chi connectivity index (χ1) is 8.72. The third-order valence-corrected chi connectivity index (χ3v) is 2.86. The van der Waals surface area contributed by atoms with Gasteiger partial charge in [0.1, 0.15) is 0 Å². The summed E-state index contributed by atoms with van der Waals surface area (Å²) >= 11 is 0. The van der Waals surface area contributed by atoms with Crippen molar-refractivity contribution in [3.8, 4) is 5.69 Å². The van der Waals surface area contributed by atoms with E-state index in [0.29, 0.717) is 0 Å². The summed E-state index contributed by atoms with van der Waals surface area (Å²) in [4.78, 5) is 0. The molecule has 1 heterocycles. The lowest BCUT2D eigenvalue weighted by atomic mass is 10.1. The van der Waals surface area contributed by atoms with Crippen LogP contribution in [0.25, 0.3) is 5.69 Å². The van der Waals surface area contributed by atoms with Gasteiger partial charge in [0.25, 0.3) is 0 Å². The Morgan fingerprint density at radius 3 is 2.72 bits per heavy atom. The van der Waals surface area contributed by atoms with Crippen LogP contribution >= 0.6 is 0 Å². The number of nitrogens with zero attached hydrogens (tertiary/aromatic N) is 2. The molecule has 0 fully saturated rings. The van der Waals surface area contributed by atoms with Crippen molar-refractivity contribution in [2.75, 3.05) is 6.54 Å². The molecule has 0 radical (unpaired) electrons. The second kappa shape index (κ2) is 5.65. The molecule has 1 atom stereocenters. The molecule has 0 saturated heterocycles. The van der Waals surface area contributed by atoms with Gasteiger partial charge in [-0.05, 0) is 25.6 Å². The number of hydrogen-bond acceptors (Lipinski definition) is 2. The number of hydrogen-bond donors (Lipinski definition) is 1. The maximum atomic E-state index is 4.41. The zero-order chi connectivity index (χ0) is 13.0. The molecule has 3 nitrogen and oxygen atoms in total. The molecular formula is C15H19N3. The lowest BCUT2D eigenvalue weighted by Gasteiger charge is -2.15. The van der Waals surface area contributed by atoms with Crippen LogP contribution < -0.4 is 5.32 Å². The molecule has 0 spiro atoms. The van der Waals surface area contributed by atoms with Crippen LogP contribution in [-0.2, 0) is 0 Å². The number of para-hydroxylation sites is 1. The van der Waals surface area contributed by atoms with E-state index in [9.17, 15) is 0 Å². The lowest BCUT2D eigenvalue weighted by Crippen LogP contribution is -2.21. The largest absolute Gasteiger partial charge is 0.307 e. The molecular weight excluding hydrogens is 222 g/mol. The normalized spacial score (nSPS) is 12.3. The Morgan fingerprint density at radius 2 is 2.11 bits per heavy atom. The highest BCUT2D eigenvalue weighted by atomic mass is 15.3. The Labute approximate surface area is 108 Å². The number of rotatable bonds is 5. The molecule has 2 rings (SSSR count). The van der Waals surface area contributed by atoms with E-state index in [4.69, 9.17) is 0 Å². The van der Waals surface area contributed by atoms with Crippen molar-refractivity contribution < 1.29 is 0 Å². The maximum Gasteiger partial charge on any atom is 0.0645 e. The van der Waals surface area contributed by atoms with Gasteiger partial charge in [0.05, 0.1) is 17.9 Å². The van der Waals surface area contributed by atoms with Gasteiger partial charge in [-0.1, -0.05) is 37.3 Å². The molecule has 1 unspecified atom stereocenters. The summed E-state index contributed by atoms with van der Waals surface area (Å²) in [5.74, 6) is 0. The highest BCUT2D eigenvalue weighted by molar-refractivity contribution is 5.32. The smallest absolute Gasteiger partial charge is 0.0645 e. The summed E-state index contributed by atoms with van der Waals surface area (Å²) in [6, 6.07) is 10.3. The maximum absolute atomic E-state index is 4.41. The fraction of sp³-hybridized carbons (Fsp3) is 0.267. The Hall–Kier alpha value is -1.87. The van der Waals surface area contributed by atoms with Crippen LogP contribution in [0.2, 0.25) is 0 Å². The topological polar surface area (TPSA) is 29.9 Å². The van der Waals surface area contributed by atoms with Crippen LogP contribution in [0.3, 0.4) is 0 Å². The Kier molecular flexibility index (Phi) is 3.95. The van der Waals surface area contributed by atoms with Crippen LogP contribution in [0.15, 0.2) is 54.9 Å². The fourth-order valence-corrected chi connectivity index (χ4v) is 1.99. The van der Waals surface area contributed by atoms with Gasteiger partial charge in [-0.15, -0.1) is 0 Å². The van der Waals surface area contributed by atoms with Crippen molar-refractivity contribution >= 4 is 0 Å². The molecule has 94 valence electrons. The van der Waals surface area contributed by atoms with Crippen molar-refractivity contribution in [3.63, 3.8) is 0 Å². The molecule has 3 heteroatoms. The number of aromatic nitrogens is 2. The highest BCUT2D eigenvalue weighted by Gasteiger charge is 2.13. The van der Waals surface area contributed by atoms with Gasteiger partial charge in [-0.3, -0.25) is 0 Å². The third-order valence-electron chi connectivity index (χ3n) is 2.86. The molecule has 0 aliphatic carbocycles. The molecule has 18 heavy (non-hydrogen) atoms. The zero-order valence-corrected chi connectivity index (χ0v) is 10.9. The van der Waals surface area contributed by atoms with E-state index < -0.39 is 0 Å². The minimum Gasteiger partial charge on any atom is -0.307 e. The summed E-state index contributed by atoms with van der Waals surface area (Å²) in [5.41, 5.74) is 3.32. The van der Waals surface area contributed by atoms with Crippen LogP contribution in [0.4, 0.5) is 0 Å². The van der Waals surface area contributed by atoms with Crippen molar-refractivity contribution in [2.24, 2.45) is 0 Å².